The van der Waals surface area contributed by atoms with Crippen molar-refractivity contribution >= 4 is 17.6 Å². The molecule has 1 aromatic rings. The zero-order valence-electron chi connectivity index (χ0n) is 12.7. The summed E-state index contributed by atoms with van der Waals surface area (Å²) in [5, 5.41) is 10.7. The lowest BCUT2D eigenvalue weighted by Crippen LogP contribution is -2.44. The first-order valence-corrected chi connectivity index (χ1v) is 7.17. The summed E-state index contributed by atoms with van der Waals surface area (Å²) in [6.07, 6.45) is 4.22. The monoisotopic (exact) mass is 309 g/mol. The average molecular weight is 309 g/mol. The van der Waals surface area contributed by atoms with Crippen LogP contribution in [0.5, 0.6) is 0 Å². The summed E-state index contributed by atoms with van der Waals surface area (Å²) in [4.78, 5) is 35.8. The number of aryl methyl sites for hydroxylation is 1. The highest BCUT2D eigenvalue weighted by Gasteiger charge is 2.25. The van der Waals surface area contributed by atoms with E-state index < -0.39 is 10.9 Å². The van der Waals surface area contributed by atoms with Crippen LogP contribution in [-0.4, -0.2) is 45.5 Å². The van der Waals surface area contributed by atoms with Crippen molar-refractivity contribution in [2.75, 3.05) is 13.2 Å². The van der Waals surface area contributed by atoms with Crippen LogP contribution in [0.4, 0.5) is 5.69 Å². The Balaban J connectivity index is 1.95. The Kier molecular flexibility index (Phi) is 4.79. The van der Waals surface area contributed by atoms with Crippen molar-refractivity contribution in [2.24, 2.45) is 7.05 Å². The molecule has 0 saturated carbocycles. The molecule has 0 spiro atoms. The SMILES string of the molecule is CC1CCCCN1C(=O)COC(=O)c1cc([N+](=O)[O-])cn1C. The maximum atomic E-state index is 12.1. The summed E-state index contributed by atoms with van der Waals surface area (Å²) in [7, 11) is 1.51. The Hall–Kier alpha value is -2.38. The van der Waals surface area contributed by atoms with Gasteiger partial charge in [0.2, 0.25) is 0 Å². The minimum atomic E-state index is -0.742. The molecule has 0 aliphatic carbocycles. The van der Waals surface area contributed by atoms with Gasteiger partial charge in [0.05, 0.1) is 11.1 Å². The van der Waals surface area contributed by atoms with Gasteiger partial charge in [0, 0.05) is 25.7 Å². The molecule has 1 amide bonds. The second kappa shape index (κ2) is 6.59. The van der Waals surface area contributed by atoms with Gasteiger partial charge >= 0.3 is 5.97 Å². The van der Waals surface area contributed by atoms with E-state index in [1.54, 1.807) is 4.90 Å². The summed E-state index contributed by atoms with van der Waals surface area (Å²) >= 11 is 0. The lowest BCUT2D eigenvalue weighted by molar-refractivity contribution is -0.384. The van der Waals surface area contributed by atoms with E-state index in [1.807, 2.05) is 6.92 Å². The molecule has 8 heteroatoms. The first-order chi connectivity index (χ1) is 10.4. The molecule has 0 radical (unpaired) electrons. The predicted octanol–water partition coefficient (Wildman–Crippen LogP) is 1.49. The largest absolute Gasteiger partial charge is 0.451 e. The van der Waals surface area contributed by atoms with Crippen molar-refractivity contribution < 1.29 is 19.2 Å². The zero-order valence-corrected chi connectivity index (χ0v) is 12.7. The van der Waals surface area contributed by atoms with Crippen LogP contribution in [0.3, 0.4) is 0 Å². The molecule has 1 unspecified atom stereocenters. The van der Waals surface area contributed by atoms with E-state index in [0.29, 0.717) is 6.54 Å². The Morgan fingerprint density at radius 1 is 1.45 bits per heavy atom. The standard InChI is InChI=1S/C14H19N3O5/c1-10-5-3-4-6-16(10)13(18)9-22-14(19)12-7-11(17(20)21)8-15(12)2/h7-8,10H,3-6,9H2,1-2H3. The number of esters is 1. The first kappa shape index (κ1) is 16.0. The number of carbonyl (C=O) groups is 2. The minimum absolute atomic E-state index is 0.0474. The van der Waals surface area contributed by atoms with Crippen LogP contribution in [-0.2, 0) is 16.6 Å². The van der Waals surface area contributed by atoms with Crippen molar-refractivity contribution in [3.8, 4) is 0 Å². The van der Waals surface area contributed by atoms with Crippen molar-refractivity contribution in [2.45, 2.75) is 32.2 Å². The molecule has 0 aromatic carbocycles. The van der Waals surface area contributed by atoms with Crippen LogP contribution in [0.25, 0.3) is 0 Å². The molecule has 1 aliphatic rings. The number of aromatic nitrogens is 1. The number of rotatable bonds is 4. The van der Waals surface area contributed by atoms with Gasteiger partial charge < -0.3 is 14.2 Å². The molecule has 0 bridgehead atoms. The normalized spacial score (nSPS) is 18.1. The van der Waals surface area contributed by atoms with E-state index in [9.17, 15) is 19.7 Å². The fraction of sp³-hybridized carbons (Fsp3) is 0.571. The molecule has 22 heavy (non-hydrogen) atoms. The van der Waals surface area contributed by atoms with E-state index in [-0.39, 0.29) is 29.9 Å². The van der Waals surface area contributed by atoms with Gasteiger partial charge in [0.1, 0.15) is 5.69 Å². The average Bonchev–Trinajstić information content (AvgIpc) is 2.87. The quantitative estimate of drug-likeness (QED) is 0.477. The predicted molar refractivity (Wildman–Crippen MR) is 77.4 cm³/mol. The van der Waals surface area contributed by atoms with Crippen LogP contribution in [0.2, 0.25) is 0 Å². The summed E-state index contributed by atoms with van der Waals surface area (Å²) in [5.41, 5.74) is -0.142. The fourth-order valence-corrected chi connectivity index (χ4v) is 2.60. The summed E-state index contributed by atoms with van der Waals surface area (Å²) in [6.45, 7) is 2.30. The number of carbonyl (C=O) groups excluding carboxylic acids is 2. The Morgan fingerprint density at radius 2 is 2.18 bits per heavy atom. The van der Waals surface area contributed by atoms with Crippen LogP contribution < -0.4 is 0 Å². The lowest BCUT2D eigenvalue weighted by Gasteiger charge is -2.33. The maximum Gasteiger partial charge on any atom is 0.355 e. The third-order valence-electron chi connectivity index (χ3n) is 3.86. The fourth-order valence-electron chi connectivity index (χ4n) is 2.60. The third-order valence-corrected chi connectivity index (χ3v) is 3.86. The number of likely N-dealkylation sites (tertiary alicyclic amines) is 1. The lowest BCUT2D eigenvalue weighted by atomic mass is 10.0. The number of ether oxygens (including phenoxy) is 1. The van der Waals surface area contributed by atoms with Gasteiger partial charge in [-0.2, -0.15) is 0 Å². The van der Waals surface area contributed by atoms with Gasteiger partial charge in [-0.1, -0.05) is 0 Å². The number of hydrogen-bond donors (Lipinski definition) is 0. The summed E-state index contributed by atoms with van der Waals surface area (Å²) < 4.78 is 6.31. The Labute approximate surface area is 127 Å². The number of hydrogen-bond acceptors (Lipinski definition) is 5. The Bertz CT molecular complexity index is 595. The van der Waals surface area contributed by atoms with Gasteiger partial charge in [0.25, 0.3) is 11.6 Å². The van der Waals surface area contributed by atoms with Gasteiger partial charge in [-0.05, 0) is 26.2 Å². The number of nitrogens with zero attached hydrogens (tertiary/aromatic N) is 3. The first-order valence-electron chi connectivity index (χ1n) is 7.17. The molecule has 1 fully saturated rings. The van der Waals surface area contributed by atoms with Crippen LogP contribution in [0.1, 0.15) is 36.7 Å². The van der Waals surface area contributed by atoms with Gasteiger partial charge in [0.15, 0.2) is 6.61 Å². The topological polar surface area (TPSA) is 94.7 Å². The van der Waals surface area contributed by atoms with Crippen molar-refractivity contribution in [1.29, 1.82) is 0 Å². The molecule has 8 nitrogen and oxygen atoms in total. The van der Waals surface area contributed by atoms with Crippen molar-refractivity contribution in [3.05, 3.63) is 28.1 Å². The highest BCUT2D eigenvalue weighted by Crippen LogP contribution is 2.18. The second-order valence-corrected chi connectivity index (χ2v) is 5.46. The zero-order chi connectivity index (χ0) is 16.3. The molecule has 1 saturated heterocycles. The molecular formula is C14H19N3O5. The maximum absolute atomic E-state index is 12.1. The minimum Gasteiger partial charge on any atom is -0.451 e. The van der Waals surface area contributed by atoms with E-state index in [1.165, 1.54) is 17.8 Å². The van der Waals surface area contributed by atoms with E-state index >= 15 is 0 Å². The van der Waals surface area contributed by atoms with Crippen LogP contribution in [0.15, 0.2) is 12.3 Å². The molecule has 1 atom stereocenters. The highest BCUT2D eigenvalue weighted by atomic mass is 16.6. The number of amides is 1. The van der Waals surface area contributed by atoms with E-state index in [2.05, 4.69) is 0 Å². The number of nitro groups is 1. The summed E-state index contributed by atoms with van der Waals surface area (Å²) in [5.74, 6) is -0.974. The van der Waals surface area contributed by atoms with Crippen molar-refractivity contribution in [1.82, 2.24) is 9.47 Å². The van der Waals surface area contributed by atoms with E-state index in [4.69, 9.17) is 4.74 Å². The second-order valence-electron chi connectivity index (χ2n) is 5.46. The highest BCUT2D eigenvalue weighted by molar-refractivity contribution is 5.90. The molecule has 2 heterocycles. The Morgan fingerprint density at radius 3 is 2.77 bits per heavy atom. The molecule has 1 aliphatic heterocycles. The van der Waals surface area contributed by atoms with E-state index in [0.717, 1.165) is 25.3 Å². The molecular weight excluding hydrogens is 290 g/mol. The van der Waals surface area contributed by atoms with Crippen molar-refractivity contribution in [3.63, 3.8) is 0 Å². The summed E-state index contributed by atoms with van der Waals surface area (Å²) in [6, 6.07) is 1.28. The van der Waals surface area contributed by atoms with Crippen LogP contribution >= 0.6 is 0 Å². The molecule has 2 rings (SSSR count). The smallest absolute Gasteiger partial charge is 0.355 e. The third kappa shape index (κ3) is 3.44. The molecule has 0 N–H and O–H groups in total. The molecule has 120 valence electrons. The van der Waals surface area contributed by atoms with Gasteiger partial charge in [-0.15, -0.1) is 0 Å². The number of piperidine rings is 1. The van der Waals surface area contributed by atoms with Gasteiger partial charge in [-0.3, -0.25) is 14.9 Å². The molecule has 1 aromatic heterocycles. The van der Waals surface area contributed by atoms with Gasteiger partial charge in [-0.25, -0.2) is 4.79 Å². The van der Waals surface area contributed by atoms with Crippen LogP contribution in [0, 0.1) is 10.1 Å².